The number of hydrogen-bond acceptors (Lipinski definition) is 9. The number of ether oxygens (including phenoxy) is 2. The summed E-state index contributed by atoms with van der Waals surface area (Å²) in [6.07, 6.45) is 3.92. The van der Waals surface area contributed by atoms with E-state index in [-0.39, 0.29) is 18.0 Å². The van der Waals surface area contributed by atoms with E-state index < -0.39 is 28.9 Å². The molecule has 5 rings (SSSR count). The third-order valence-electron chi connectivity index (χ3n) is 7.78. The second kappa shape index (κ2) is 11.3. The number of piperidine rings is 1. The fourth-order valence-corrected chi connectivity index (χ4v) is 6.54. The van der Waals surface area contributed by atoms with E-state index in [2.05, 4.69) is 16.9 Å². The molecular formula is C29H34N4O7S. The molecule has 4 aromatic rings. The molecule has 3 aromatic heterocycles. The number of aryl methyl sites for hydroxylation is 1. The summed E-state index contributed by atoms with van der Waals surface area (Å²) in [5, 5.41) is 10.3. The lowest BCUT2D eigenvalue weighted by Gasteiger charge is -2.33. The van der Waals surface area contributed by atoms with Gasteiger partial charge < -0.3 is 23.9 Å². The Balaban J connectivity index is 1.74. The number of hydrogen-bond donors (Lipinski definition) is 1. The number of rotatable bonds is 9. The summed E-state index contributed by atoms with van der Waals surface area (Å²) in [5.74, 6) is -0.376. The number of aliphatic carboxylic acids is 1. The Kier molecular flexibility index (Phi) is 7.91. The first-order chi connectivity index (χ1) is 19.5. The molecule has 218 valence electrons. The van der Waals surface area contributed by atoms with Crippen LogP contribution in [0, 0.1) is 6.92 Å². The highest BCUT2D eigenvalue weighted by Gasteiger charge is 2.36. The van der Waals surface area contributed by atoms with E-state index in [1.165, 1.54) is 42.2 Å². The Morgan fingerprint density at radius 1 is 1.24 bits per heavy atom. The van der Waals surface area contributed by atoms with Crippen LogP contribution in [0.5, 0.6) is 5.75 Å². The highest BCUT2D eigenvalue weighted by molar-refractivity contribution is 7.22. The molecule has 1 aliphatic heterocycles. The van der Waals surface area contributed by atoms with Crippen molar-refractivity contribution in [2.75, 3.05) is 27.2 Å². The van der Waals surface area contributed by atoms with Gasteiger partial charge in [-0.15, -0.1) is 11.3 Å². The molecule has 1 unspecified atom stereocenters. The molecule has 0 bridgehead atoms. The predicted octanol–water partition coefficient (Wildman–Crippen LogP) is 3.87. The Labute approximate surface area is 240 Å². The van der Waals surface area contributed by atoms with Gasteiger partial charge in [0, 0.05) is 18.7 Å². The molecule has 0 spiro atoms. The maximum absolute atomic E-state index is 14.2. The number of methoxy groups -OCH3 is 1. The third kappa shape index (κ3) is 5.22. The van der Waals surface area contributed by atoms with Gasteiger partial charge in [0.2, 0.25) is 5.89 Å². The Morgan fingerprint density at radius 2 is 1.95 bits per heavy atom. The summed E-state index contributed by atoms with van der Waals surface area (Å²) in [6.45, 7) is 6.24. The van der Waals surface area contributed by atoms with Crippen molar-refractivity contribution in [3.05, 3.63) is 68.7 Å². The molecule has 0 saturated carbocycles. The lowest BCUT2D eigenvalue weighted by molar-refractivity contribution is -0.146. The molecule has 1 fully saturated rings. The SMILES string of the molecule is COc1ccccc1C(Cn1c(=O)n(C(C)(C)C(=O)O)c(=O)c2c(C)c(-c3ncco3)sc21)OC1CCN(C)CC1. The van der Waals surface area contributed by atoms with E-state index in [0.717, 1.165) is 36.1 Å². The van der Waals surface area contributed by atoms with Gasteiger partial charge in [0.05, 0.1) is 36.2 Å². The van der Waals surface area contributed by atoms with Crippen LogP contribution < -0.4 is 16.0 Å². The number of oxazole rings is 1. The van der Waals surface area contributed by atoms with Gasteiger partial charge in [-0.2, -0.15) is 0 Å². The molecule has 4 heterocycles. The number of carbonyl (C=O) groups is 1. The van der Waals surface area contributed by atoms with Gasteiger partial charge in [-0.05, 0) is 52.3 Å². The van der Waals surface area contributed by atoms with Gasteiger partial charge in [0.1, 0.15) is 28.5 Å². The first kappa shape index (κ1) is 28.8. The van der Waals surface area contributed by atoms with Crippen molar-refractivity contribution in [2.45, 2.75) is 57.9 Å². The summed E-state index contributed by atoms with van der Waals surface area (Å²) in [5.41, 5.74) is -1.90. The molecule has 1 aliphatic rings. The van der Waals surface area contributed by atoms with Gasteiger partial charge >= 0.3 is 11.7 Å². The van der Waals surface area contributed by atoms with Gasteiger partial charge in [0.25, 0.3) is 5.56 Å². The van der Waals surface area contributed by atoms with E-state index in [9.17, 15) is 19.5 Å². The van der Waals surface area contributed by atoms with Crippen molar-refractivity contribution in [3.63, 3.8) is 0 Å². The molecule has 0 aliphatic carbocycles. The quantitative estimate of drug-likeness (QED) is 0.313. The van der Waals surface area contributed by atoms with E-state index >= 15 is 0 Å². The second-order valence-corrected chi connectivity index (χ2v) is 11.8. The number of likely N-dealkylation sites (tertiary alicyclic amines) is 1. The van der Waals surface area contributed by atoms with Crippen LogP contribution in [0.1, 0.15) is 43.9 Å². The summed E-state index contributed by atoms with van der Waals surface area (Å²) in [7, 11) is 3.65. The fourth-order valence-electron chi connectivity index (χ4n) is 5.30. The van der Waals surface area contributed by atoms with E-state index in [1.54, 1.807) is 14.0 Å². The highest BCUT2D eigenvalue weighted by atomic mass is 32.1. The van der Waals surface area contributed by atoms with Crippen LogP contribution in [0.25, 0.3) is 21.0 Å². The van der Waals surface area contributed by atoms with Gasteiger partial charge in [0.15, 0.2) is 0 Å². The number of nitrogens with zero attached hydrogens (tertiary/aromatic N) is 4. The number of thiophene rings is 1. The van der Waals surface area contributed by atoms with Crippen molar-refractivity contribution in [3.8, 4) is 16.5 Å². The predicted molar refractivity (Wildman–Crippen MR) is 155 cm³/mol. The topological polar surface area (TPSA) is 129 Å². The maximum atomic E-state index is 14.2. The second-order valence-electron chi connectivity index (χ2n) is 10.8. The van der Waals surface area contributed by atoms with E-state index in [4.69, 9.17) is 13.9 Å². The standard InChI is InChI=1S/C29H34N4O7S/c1-17-22-25(34)33(29(2,3)27(35)36)28(37)32(26(22)41-23(17)24-30-12-15-39-24)16-21(19-8-6-7-9-20(19)38-5)40-18-10-13-31(4)14-11-18/h6-9,12,15,18,21H,10-11,13-14,16H2,1-5H3,(H,35,36). The molecular weight excluding hydrogens is 548 g/mol. The molecule has 1 aromatic carbocycles. The Morgan fingerprint density at radius 3 is 2.59 bits per heavy atom. The zero-order chi connectivity index (χ0) is 29.5. The average Bonchev–Trinajstić information content (AvgIpc) is 3.59. The third-order valence-corrected chi connectivity index (χ3v) is 9.08. The zero-order valence-corrected chi connectivity index (χ0v) is 24.6. The van der Waals surface area contributed by atoms with E-state index in [0.29, 0.717) is 26.9 Å². The molecule has 1 N–H and O–H groups in total. The summed E-state index contributed by atoms with van der Waals surface area (Å²) in [4.78, 5) is 47.8. The number of carboxylic acid groups (broad SMARTS) is 1. The number of carboxylic acids is 1. The van der Waals surface area contributed by atoms with Crippen LogP contribution >= 0.6 is 11.3 Å². The van der Waals surface area contributed by atoms with Gasteiger partial charge in [-0.3, -0.25) is 9.36 Å². The molecule has 0 radical (unpaired) electrons. The lowest BCUT2D eigenvalue weighted by atomic mass is 10.0. The number of benzene rings is 1. The molecule has 1 saturated heterocycles. The van der Waals surface area contributed by atoms with Crippen molar-refractivity contribution in [1.29, 1.82) is 0 Å². The Hall–Kier alpha value is -3.74. The van der Waals surface area contributed by atoms with Crippen molar-refractivity contribution in [2.24, 2.45) is 0 Å². The van der Waals surface area contributed by atoms with Crippen LogP contribution in [0.3, 0.4) is 0 Å². The van der Waals surface area contributed by atoms with Crippen LogP contribution in [-0.4, -0.2) is 63.4 Å². The normalized spacial score (nSPS) is 15.8. The molecule has 11 nitrogen and oxygen atoms in total. The van der Waals surface area contributed by atoms with Crippen LogP contribution in [-0.2, 0) is 21.6 Å². The van der Waals surface area contributed by atoms with Crippen molar-refractivity contribution >= 4 is 27.5 Å². The zero-order valence-electron chi connectivity index (χ0n) is 23.7. The van der Waals surface area contributed by atoms with E-state index in [1.807, 2.05) is 24.3 Å². The largest absolute Gasteiger partial charge is 0.496 e. The maximum Gasteiger partial charge on any atom is 0.333 e. The smallest absolute Gasteiger partial charge is 0.333 e. The minimum Gasteiger partial charge on any atom is -0.496 e. The highest BCUT2D eigenvalue weighted by Crippen LogP contribution is 2.37. The summed E-state index contributed by atoms with van der Waals surface area (Å²) < 4.78 is 20.2. The Bertz CT molecular complexity index is 1680. The summed E-state index contributed by atoms with van der Waals surface area (Å²) in [6, 6.07) is 7.48. The van der Waals surface area contributed by atoms with Crippen LogP contribution in [0.4, 0.5) is 0 Å². The molecule has 12 heteroatoms. The van der Waals surface area contributed by atoms with Crippen LogP contribution in [0.15, 0.2) is 50.7 Å². The minimum absolute atomic E-state index is 0.0308. The van der Waals surface area contributed by atoms with Gasteiger partial charge in [-0.25, -0.2) is 19.1 Å². The first-order valence-corrected chi connectivity index (χ1v) is 14.3. The monoisotopic (exact) mass is 582 g/mol. The molecule has 1 atom stereocenters. The number of aromatic nitrogens is 3. The fraction of sp³-hybridized carbons (Fsp3) is 0.448. The summed E-state index contributed by atoms with van der Waals surface area (Å²) >= 11 is 1.21. The molecule has 41 heavy (non-hydrogen) atoms. The molecule has 0 amide bonds. The van der Waals surface area contributed by atoms with Crippen molar-refractivity contribution in [1.82, 2.24) is 19.0 Å². The van der Waals surface area contributed by atoms with Crippen LogP contribution in [0.2, 0.25) is 0 Å². The first-order valence-electron chi connectivity index (χ1n) is 13.4. The average molecular weight is 583 g/mol. The van der Waals surface area contributed by atoms with Crippen molar-refractivity contribution < 1.29 is 23.8 Å². The van der Waals surface area contributed by atoms with Gasteiger partial charge in [-0.1, -0.05) is 18.2 Å². The number of fused-ring (bicyclic) bond motifs is 1. The lowest BCUT2D eigenvalue weighted by Crippen LogP contribution is -2.52. The minimum atomic E-state index is -1.81. The number of para-hydroxylation sites is 1.